The van der Waals surface area contributed by atoms with Crippen LogP contribution in [-0.2, 0) is 13.2 Å². The highest BCUT2D eigenvalue weighted by molar-refractivity contribution is 6.09. The molecule has 0 atom stereocenters. The molecule has 0 saturated heterocycles. The summed E-state index contributed by atoms with van der Waals surface area (Å²) in [5.41, 5.74) is 3.00. The Morgan fingerprint density at radius 1 is 1.00 bits per heavy atom. The molecule has 4 aromatic rings. The molecule has 1 aromatic heterocycles. The van der Waals surface area contributed by atoms with E-state index in [0.717, 1.165) is 23.2 Å². The number of anilines is 1. The van der Waals surface area contributed by atoms with Crippen molar-refractivity contribution in [1.82, 2.24) is 9.55 Å². The minimum Gasteiger partial charge on any atom is -0.334 e. The number of nitrogens with one attached hydrogen (secondary N) is 1. The highest BCUT2D eigenvalue weighted by Crippen LogP contribution is 2.32. The van der Waals surface area contributed by atoms with Gasteiger partial charge < -0.3 is 9.88 Å². The maximum absolute atomic E-state index is 12.9. The Morgan fingerprint density at radius 2 is 1.72 bits per heavy atom. The lowest BCUT2D eigenvalue weighted by Gasteiger charge is -2.12. The van der Waals surface area contributed by atoms with Crippen molar-refractivity contribution in [3.05, 3.63) is 84.2 Å². The van der Waals surface area contributed by atoms with Gasteiger partial charge in [0.25, 0.3) is 5.91 Å². The number of fused-ring (bicyclic) bond motifs is 1. The summed E-state index contributed by atoms with van der Waals surface area (Å²) >= 11 is 0. The summed E-state index contributed by atoms with van der Waals surface area (Å²) in [6.07, 6.45) is -2.71. The van der Waals surface area contributed by atoms with E-state index in [0.29, 0.717) is 22.4 Å². The summed E-state index contributed by atoms with van der Waals surface area (Å²) in [4.78, 5) is 17.1. The molecule has 0 radical (unpaired) electrons. The number of rotatable bonds is 3. The van der Waals surface area contributed by atoms with Gasteiger partial charge in [0.1, 0.15) is 0 Å². The molecule has 0 aliphatic heterocycles. The van der Waals surface area contributed by atoms with Gasteiger partial charge in [0.05, 0.1) is 22.9 Å². The smallest absolute Gasteiger partial charge is 0.334 e. The van der Waals surface area contributed by atoms with E-state index < -0.39 is 11.7 Å². The first-order valence-corrected chi connectivity index (χ1v) is 8.82. The molecule has 4 rings (SSSR count). The molecule has 1 amide bonds. The lowest BCUT2D eigenvalue weighted by Crippen LogP contribution is -2.13. The second-order valence-corrected chi connectivity index (χ2v) is 6.63. The van der Waals surface area contributed by atoms with Crippen molar-refractivity contribution in [1.29, 1.82) is 0 Å². The first kappa shape index (κ1) is 18.7. The summed E-state index contributed by atoms with van der Waals surface area (Å²) in [6, 6.07) is 17.0. The van der Waals surface area contributed by atoms with Crippen LogP contribution in [0.3, 0.4) is 0 Å². The van der Waals surface area contributed by atoms with Crippen LogP contribution in [-0.4, -0.2) is 15.5 Å². The van der Waals surface area contributed by atoms with Gasteiger partial charge in [0.2, 0.25) is 0 Å². The number of benzene rings is 3. The van der Waals surface area contributed by atoms with Crippen molar-refractivity contribution < 1.29 is 18.0 Å². The van der Waals surface area contributed by atoms with Gasteiger partial charge in [0, 0.05) is 18.3 Å². The van der Waals surface area contributed by atoms with Crippen molar-refractivity contribution >= 4 is 22.6 Å². The molecule has 3 aromatic carbocycles. The van der Waals surface area contributed by atoms with Crippen LogP contribution in [0.1, 0.15) is 15.9 Å². The number of alkyl halides is 3. The topological polar surface area (TPSA) is 46.9 Å². The number of hydrogen-bond donors (Lipinski definition) is 1. The van der Waals surface area contributed by atoms with E-state index in [9.17, 15) is 18.0 Å². The van der Waals surface area contributed by atoms with Gasteiger partial charge in [-0.05, 0) is 47.5 Å². The van der Waals surface area contributed by atoms with Crippen molar-refractivity contribution in [2.24, 2.45) is 7.05 Å². The quantitative estimate of drug-likeness (QED) is 0.497. The number of hydrogen-bond acceptors (Lipinski definition) is 2. The molecule has 1 N–H and O–H groups in total. The van der Waals surface area contributed by atoms with Crippen LogP contribution in [0.15, 0.2) is 73.1 Å². The van der Waals surface area contributed by atoms with Crippen LogP contribution in [0.4, 0.5) is 18.9 Å². The molecule has 0 spiro atoms. The molecule has 0 bridgehead atoms. The van der Waals surface area contributed by atoms with Crippen LogP contribution >= 0.6 is 0 Å². The Balaban J connectivity index is 1.64. The first-order valence-electron chi connectivity index (χ1n) is 8.82. The van der Waals surface area contributed by atoms with E-state index in [1.807, 2.05) is 17.7 Å². The second-order valence-electron chi connectivity index (χ2n) is 6.63. The minimum atomic E-state index is -4.40. The summed E-state index contributed by atoms with van der Waals surface area (Å²) < 4.78 is 40.3. The van der Waals surface area contributed by atoms with E-state index in [1.54, 1.807) is 42.7 Å². The van der Waals surface area contributed by atoms with Gasteiger partial charge >= 0.3 is 6.18 Å². The molecule has 4 nitrogen and oxygen atoms in total. The van der Waals surface area contributed by atoms with E-state index in [2.05, 4.69) is 10.3 Å². The third-order valence-corrected chi connectivity index (χ3v) is 4.68. The predicted molar refractivity (Wildman–Crippen MR) is 106 cm³/mol. The highest BCUT2D eigenvalue weighted by Gasteiger charge is 2.30. The Kier molecular flexibility index (Phi) is 4.58. The average Bonchev–Trinajstić information content (AvgIpc) is 3.07. The van der Waals surface area contributed by atoms with Crippen molar-refractivity contribution in [3.63, 3.8) is 0 Å². The molecular weight excluding hydrogens is 379 g/mol. The van der Waals surface area contributed by atoms with Crippen molar-refractivity contribution in [2.45, 2.75) is 6.18 Å². The zero-order chi connectivity index (χ0) is 20.6. The van der Waals surface area contributed by atoms with Gasteiger partial charge in [-0.15, -0.1) is 0 Å². The van der Waals surface area contributed by atoms with Crippen molar-refractivity contribution in [3.8, 4) is 11.1 Å². The number of carbonyl (C=O) groups is 1. The van der Waals surface area contributed by atoms with E-state index in [-0.39, 0.29) is 5.91 Å². The van der Waals surface area contributed by atoms with Gasteiger partial charge in [-0.2, -0.15) is 13.2 Å². The largest absolute Gasteiger partial charge is 0.416 e. The third kappa shape index (κ3) is 3.71. The number of aryl methyl sites for hydroxylation is 1. The summed E-state index contributed by atoms with van der Waals surface area (Å²) in [5.74, 6) is -0.351. The number of halogens is 3. The Hall–Kier alpha value is -3.61. The Morgan fingerprint density at radius 3 is 2.45 bits per heavy atom. The van der Waals surface area contributed by atoms with Crippen molar-refractivity contribution in [2.75, 3.05) is 5.32 Å². The van der Waals surface area contributed by atoms with Crippen LogP contribution < -0.4 is 5.32 Å². The van der Waals surface area contributed by atoms with E-state index in [4.69, 9.17) is 0 Å². The zero-order valence-corrected chi connectivity index (χ0v) is 15.4. The standard InChI is InChI=1S/C22H16F3N3O/c1-28-13-26-19-12-16(10-11-20(19)28)27-21(29)18-5-3-2-4-17(18)14-6-8-15(9-7-14)22(23,24)25/h2-13H,1H3,(H,27,29). The zero-order valence-electron chi connectivity index (χ0n) is 15.4. The molecule has 0 fully saturated rings. The van der Waals surface area contributed by atoms with Crippen LogP contribution in [0.2, 0.25) is 0 Å². The normalized spacial score (nSPS) is 11.6. The summed E-state index contributed by atoms with van der Waals surface area (Å²) in [7, 11) is 1.88. The fourth-order valence-electron chi connectivity index (χ4n) is 3.18. The average molecular weight is 395 g/mol. The lowest BCUT2D eigenvalue weighted by atomic mass is 9.98. The second kappa shape index (κ2) is 7.09. The summed E-state index contributed by atoms with van der Waals surface area (Å²) in [6.45, 7) is 0. The molecule has 0 unspecified atom stereocenters. The lowest BCUT2D eigenvalue weighted by molar-refractivity contribution is -0.137. The van der Waals surface area contributed by atoms with Gasteiger partial charge in [-0.1, -0.05) is 30.3 Å². The number of nitrogens with zero attached hydrogens (tertiary/aromatic N) is 2. The Labute approximate surface area is 164 Å². The van der Waals surface area contributed by atoms with Gasteiger partial charge in [-0.25, -0.2) is 4.98 Å². The van der Waals surface area contributed by atoms with Gasteiger partial charge in [-0.3, -0.25) is 4.79 Å². The molecular formula is C22H16F3N3O. The van der Waals surface area contributed by atoms with E-state index in [1.165, 1.54) is 12.1 Å². The summed E-state index contributed by atoms with van der Waals surface area (Å²) in [5, 5.41) is 2.84. The Bertz CT molecular complexity index is 1190. The molecule has 0 aliphatic carbocycles. The number of aromatic nitrogens is 2. The highest BCUT2D eigenvalue weighted by atomic mass is 19.4. The maximum atomic E-state index is 12.9. The van der Waals surface area contributed by atoms with Crippen LogP contribution in [0.25, 0.3) is 22.2 Å². The number of carbonyl (C=O) groups excluding carboxylic acids is 1. The molecule has 0 aliphatic rings. The molecule has 1 heterocycles. The molecule has 7 heteroatoms. The minimum absolute atomic E-state index is 0.351. The van der Waals surface area contributed by atoms with Crippen LogP contribution in [0, 0.1) is 0 Å². The monoisotopic (exact) mass is 395 g/mol. The predicted octanol–water partition coefficient (Wildman–Crippen LogP) is 5.51. The number of imidazole rings is 1. The van der Waals surface area contributed by atoms with Gasteiger partial charge in [0.15, 0.2) is 0 Å². The fourth-order valence-corrected chi connectivity index (χ4v) is 3.18. The number of amides is 1. The maximum Gasteiger partial charge on any atom is 0.416 e. The van der Waals surface area contributed by atoms with Crippen LogP contribution in [0.5, 0.6) is 0 Å². The third-order valence-electron chi connectivity index (χ3n) is 4.68. The fraction of sp³-hybridized carbons (Fsp3) is 0.0909. The molecule has 29 heavy (non-hydrogen) atoms. The first-order chi connectivity index (χ1) is 13.8. The SMILES string of the molecule is Cn1cnc2cc(NC(=O)c3ccccc3-c3ccc(C(F)(F)F)cc3)ccc21. The van der Waals surface area contributed by atoms with E-state index >= 15 is 0 Å². The molecule has 146 valence electrons. The molecule has 0 saturated carbocycles.